The van der Waals surface area contributed by atoms with Crippen LogP contribution in [-0.4, -0.2) is 46.8 Å². The molecule has 2 N–H and O–H groups in total. The van der Waals surface area contributed by atoms with Crippen molar-refractivity contribution in [1.82, 2.24) is 25.4 Å². The second-order valence-corrected chi connectivity index (χ2v) is 8.06. The van der Waals surface area contributed by atoms with Gasteiger partial charge in [0.15, 0.2) is 5.69 Å². The van der Waals surface area contributed by atoms with Crippen LogP contribution in [-0.2, 0) is 6.54 Å². The Kier molecular flexibility index (Phi) is 6.96. The maximum Gasteiger partial charge on any atom is 0.272 e. The number of para-hydroxylation sites is 2. The van der Waals surface area contributed by atoms with Gasteiger partial charge >= 0.3 is 0 Å². The van der Waals surface area contributed by atoms with E-state index in [1.165, 1.54) is 7.11 Å². The van der Waals surface area contributed by atoms with Crippen molar-refractivity contribution in [1.29, 1.82) is 0 Å². The Morgan fingerprint density at radius 1 is 1.06 bits per heavy atom. The van der Waals surface area contributed by atoms with Crippen molar-refractivity contribution >= 4 is 22.7 Å². The first-order valence-electron chi connectivity index (χ1n) is 11.2. The molecule has 0 bridgehead atoms. The minimum atomic E-state index is -0.362. The maximum atomic E-state index is 13.2. The number of rotatable bonds is 8. The monoisotopic (exact) mass is 473 g/mol. The average molecular weight is 474 g/mol. The van der Waals surface area contributed by atoms with E-state index in [2.05, 4.69) is 20.7 Å². The Labute approximate surface area is 203 Å². The predicted octanol–water partition coefficient (Wildman–Crippen LogP) is 3.51. The zero-order valence-corrected chi connectivity index (χ0v) is 20.0. The minimum absolute atomic E-state index is 0.0106. The summed E-state index contributed by atoms with van der Waals surface area (Å²) < 4.78 is 12.8. The van der Waals surface area contributed by atoms with E-state index >= 15 is 0 Å². The first-order chi connectivity index (χ1) is 16.9. The average Bonchev–Trinajstić information content (AvgIpc) is 3.26. The first-order valence-corrected chi connectivity index (χ1v) is 11.2. The van der Waals surface area contributed by atoms with E-state index in [1.54, 1.807) is 24.0 Å². The van der Waals surface area contributed by atoms with E-state index in [4.69, 9.17) is 9.47 Å². The molecule has 0 aliphatic carbocycles. The molecule has 0 saturated carbocycles. The summed E-state index contributed by atoms with van der Waals surface area (Å²) in [5.74, 6) is 0.229. The van der Waals surface area contributed by atoms with E-state index in [-0.39, 0.29) is 41.6 Å². The molecule has 2 heterocycles. The number of carbonyl (C=O) groups excluding carboxylic acids is 2. The standard InChI is InChI=1S/C26H27N5O4/c1-16(2)35-22-12-8-5-9-17(22)14-28-24(32)20-13-18(15-29-26(20)34-4)31-21-11-7-6-10-19(21)23(30-31)25(33)27-3/h5-13,15-16H,14H2,1-4H3,(H,27,33)(H,28,32). The van der Waals surface area contributed by atoms with Crippen LogP contribution in [0.3, 0.4) is 0 Å². The quantitative estimate of drug-likeness (QED) is 0.406. The third kappa shape index (κ3) is 4.93. The summed E-state index contributed by atoms with van der Waals surface area (Å²) in [7, 11) is 3.01. The smallest absolute Gasteiger partial charge is 0.272 e. The summed E-state index contributed by atoms with van der Waals surface area (Å²) in [6, 6.07) is 16.6. The lowest BCUT2D eigenvalue weighted by atomic mass is 10.1. The Morgan fingerprint density at radius 3 is 2.54 bits per heavy atom. The molecule has 4 aromatic rings. The second-order valence-electron chi connectivity index (χ2n) is 8.06. The van der Waals surface area contributed by atoms with E-state index in [9.17, 15) is 9.59 Å². The SMILES string of the molecule is CNC(=O)c1nn(-c2cnc(OC)c(C(=O)NCc3ccccc3OC(C)C)c2)c2ccccc12. The summed E-state index contributed by atoms with van der Waals surface area (Å²) in [4.78, 5) is 29.9. The number of nitrogens with zero attached hydrogens (tertiary/aromatic N) is 3. The second kappa shape index (κ2) is 10.3. The van der Waals surface area contributed by atoms with Crippen LogP contribution >= 0.6 is 0 Å². The molecule has 2 aromatic heterocycles. The molecule has 0 saturated heterocycles. The number of pyridine rings is 1. The highest BCUT2D eigenvalue weighted by atomic mass is 16.5. The number of benzene rings is 2. The number of hydrogen-bond donors (Lipinski definition) is 2. The molecule has 0 fully saturated rings. The number of fused-ring (bicyclic) bond motifs is 1. The van der Waals surface area contributed by atoms with Gasteiger partial charge in [-0.1, -0.05) is 36.4 Å². The Morgan fingerprint density at radius 2 is 1.80 bits per heavy atom. The van der Waals surface area contributed by atoms with Crippen LogP contribution in [0.5, 0.6) is 11.6 Å². The van der Waals surface area contributed by atoms with Crippen LogP contribution in [0, 0.1) is 0 Å². The molecule has 2 aromatic carbocycles. The van der Waals surface area contributed by atoms with Crippen molar-refractivity contribution < 1.29 is 19.1 Å². The van der Waals surface area contributed by atoms with Gasteiger partial charge in [-0.3, -0.25) is 9.59 Å². The number of amides is 2. The van der Waals surface area contributed by atoms with Crippen LogP contribution in [0.1, 0.15) is 40.3 Å². The lowest BCUT2D eigenvalue weighted by molar-refractivity contribution is 0.0942. The van der Waals surface area contributed by atoms with Crippen LogP contribution in [0.4, 0.5) is 0 Å². The lowest BCUT2D eigenvalue weighted by Crippen LogP contribution is -2.24. The molecule has 0 aliphatic rings. The van der Waals surface area contributed by atoms with Gasteiger partial charge in [0.25, 0.3) is 11.8 Å². The lowest BCUT2D eigenvalue weighted by Gasteiger charge is -2.15. The molecular formula is C26H27N5O4. The summed E-state index contributed by atoms with van der Waals surface area (Å²) in [6.07, 6.45) is 1.56. The van der Waals surface area contributed by atoms with Crippen LogP contribution in [0.15, 0.2) is 60.8 Å². The third-order valence-electron chi connectivity index (χ3n) is 5.32. The van der Waals surface area contributed by atoms with Gasteiger partial charge in [0.05, 0.1) is 30.6 Å². The van der Waals surface area contributed by atoms with E-state index < -0.39 is 0 Å². The summed E-state index contributed by atoms with van der Waals surface area (Å²) in [5.41, 5.74) is 2.61. The molecule has 0 radical (unpaired) electrons. The Balaban J connectivity index is 1.67. The van der Waals surface area contributed by atoms with Gasteiger partial charge in [-0.25, -0.2) is 9.67 Å². The molecule has 0 atom stereocenters. The summed E-state index contributed by atoms with van der Waals surface area (Å²) >= 11 is 0. The molecule has 0 unspecified atom stereocenters. The highest BCUT2D eigenvalue weighted by Crippen LogP contribution is 2.25. The summed E-state index contributed by atoms with van der Waals surface area (Å²) in [5, 5.41) is 10.7. The number of hydrogen-bond acceptors (Lipinski definition) is 6. The van der Waals surface area contributed by atoms with Gasteiger partial charge in [0.1, 0.15) is 11.3 Å². The van der Waals surface area contributed by atoms with Gasteiger partial charge in [-0.05, 0) is 32.0 Å². The molecule has 180 valence electrons. The number of methoxy groups -OCH3 is 1. The number of nitrogens with one attached hydrogen (secondary N) is 2. The molecule has 0 aliphatic heterocycles. The molecular weight excluding hydrogens is 446 g/mol. The van der Waals surface area contributed by atoms with Gasteiger partial charge < -0.3 is 20.1 Å². The number of ether oxygens (including phenoxy) is 2. The van der Waals surface area contributed by atoms with Crippen molar-refractivity contribution in [3.05, 3.63) is 77.6 Å². The zero-order chi connectivity index (χ0) is 24.9. The minimum Gasteiger partial charge on any atom is -0.491 e. The maximum absolute atomic E-state index is 13.2. The van der Waals surface area contributed by atoms with Crippen molar-refractivity contribution in [3.63, 3.8) is 0 Å². The van der Waals surface area contributed by atoms with Crippen LogP contribution < -0.4 is 20.1 Å². The summed E-state index contributed by atoms with van der Waals surface area (Å²) in [6.45, 7) is 4.17. The Bertz CT molecular complexity index is 1380. The van der Waals surface area contributed by atoms with Crippen molar-refractivity contribution in [3.8, 4) is 17.3 Å². The van der Waals surface area contributed by atoms with Crippen LogP contribution in [0.25, 0.3) is 16.6 Å². The number of carbonyl (C=O) groups is 2. The van der Waals surface area contributed by atoms with Gasteiger partial charge in [0, 0.05) is 24.5 Å². The highest BCUT2D eigenvalue weighted by molar-refractivity contribution is 6.05. The molecule has 9 heteroatoms. The van der Waals surface area contributed by atoms with Gasteiger partial charge in [-0.2, -0.15) is 5.10 Å². The molecule has 2 amide bonds. The van der Waals surface area contributed by atoms with E-state index in [0.717, 1.165) is 5.56 Å². The van der Waals surface area contributed by atoms with Crippen molar-refractivity contribution in [2.24, 2.45) is 0 Å². The Hall–Kier alpha value is -4.40. The fourth-order valence-corrected chi connectivity index (χ4v) is 3.72. The molecule has 0 spiro atoms. The molecule has 4 rings (SSSR count). The van der Waals surface area contributed by atoms with Crippen LogP contribution in [0.2, 0.25) is 0 Å². The molecule has 9 nitrogen and oxygen atoms in total. The molecule has 35 heavy (non-hydrogen) atoms. The fraction of sp³-hybridized carbons (Fsp3) is 0.231. The fourth-order valence-electron chi connectivity index (χ4n) is 3.72. The normalized spacial score (nSPS) is 10.9. The first kappa shape index (κ1) is 23.7. The number of aromatic nitrogens is 3. The highest BCUT2D eigenvalue weighted by Gasteiger charge is 2.20. The zero-order valence-electron chi connectivity index (χ0n) is 20.0. The topological polar surface area (TPSA) is 107 Å². The van der Waals surface area contributed by atoms with E-state index in [0.29, 0.717) is 22.3 Å². The third-order valence-corrected chi connectivity index (χ3v) is 5.32. The largest absolute Gasteiger partial charge is 0.491 e. The van der Waals surface area contributed by atoms with Crippen molar-refractivity contribution in [2.75, 3.05) is 14.2 Å². The predicted molar refractivity (Wildman–Crippen MR) is 132 cm³/mol. The van der Waals surface area contributed by atoms with Gasteiger partial charge in [-0.15, -0.1) is 0 Å². The van der Waals surface area contributed by atoms with Gasteiger partial charge in [0.2, 0.25) is 5.88 Å². The van der Waals surface area contributed by atoms with Crippen molar-refractivity contribution in [2.45, 2.75) is 26.5 Å². The van der Waals surface area contributed by atoms with E-state index in [1.807, 2.05) is 62.4 Å².